The second-order valence-electron chi connectivity index (χ2n) is 6.52. The van der Waals surface area contributed by atoms with E-state index in [0.29, 0.717) is 29.9 Å². The number of carbonyl (C=O) groups is 1. The standard InChI is InChI=1S/C20H18BrNO5/c21-13-5-6-16-17(23)10-19(27-18(16)9-13)20(24)22(11-14-3-1-7-25-14)12-15-4-2-8-26-15/h1,3,5-7,9-10,15H,2,4,8,11-12H2/t15-/m1/s1. The first-order valence-corrected chi connectivity index (χ1v) is 9.56. The van der Waals surface area contributed by atoms with Crippen LogP contribution in [0.25, 0.3) is 11.0 Å². The van der Waals surface area contributed by atoms with Crippen LogP contribution in [0.5, 0.6) is 0 Å². The molecule has 0 unspecified atom stereocenters. The van der Waals surface area contributed by atoms with Gasteiger partial charge in [-0.2, -0.15) is 0 Å². The first-order valence-electron chi connectivity index (χ1n) is 8.77. The number of hydrogen-bond donors (Lipinski definition) is 0. The van der Waals surface area contributed by atoms with Crippen LogP contribution in [0.3, 0.4) is 0 Å². The Labute approximate surface area is 163 Å². The Bertz CT molecular complexity index is 1000. The van der Waals surface area contributed by atoms with Crippen molar-refractivity contribution in [3.8, 4) is 0 Å². The van der Waals surface area contributed by atoms with Crippen LogP contribution >= 0.6 is 15.9 Å². The predicted molar refractivity (Wildman–Crippen MR) is 103 cm³/mol. The summed E-state index contributed by atoms with van der Waals surface area (Å²) in [5, 5.41) is 0.437. The molecule has 0 spiro atoms. The number of benzene rings is 1. The van der Waals surface area contributed by atoms with Gasteiger partial charge in [0.05, 0.1) is 24.3 Å². The zero-order valence-electron chi connectivity index (χ0n) is 14.5. The smallest absolute Gasteiger partial charge is 0.290 e. The first kappa shape index (κ1) is 18.0. The van der Waals surface area contributed by atoms with Gasteiger partial charge in [0.2, 0.25) is 0 Å². The maximum absolute atomic E-state index is 13.1. The third kappa shape index (κ3) is 3.99. The zero-order chi connectivity index (χ0) is 18.8. The summed E-state index contributed by atoms with van der Waals surface area (Å²) in [4.78, 5) is 27.1. The highest BCUT2D eigenvalue weighted by Crippen LogP contribution is 2.21. The molecule has 140 valence electrons. The molecule has 3 aromatic rings. The molecule has 1 aliphatic heterocycles. The normalized spacial score (nSPS) is 16.7. The highest BCUT2D eigenvalue weighted by molar-refractivity contribution is 9.10. The summed E-state index contributed by atoms with van der Waals surface area (Å²) >= 11 is 3.36. The molecule has 2 aromatic heterocycles. The number of fused-ring (bicyclic) bond motifs is 1. The molecule has 0 N–H and O–H groups in total. The van der Waals surface area contributed by atoms with Crippen molar-refractivity contribution in [2.75, 3.05) is 13.2 Å². The molecular formula is C20H18BrNO5. The topological polar surface area (TPSA) is 72.9 Å². The van der Waals surface area contributed by atoms with Crippen LogP contribution in [0.1, 0.15) is 29.2 Å². The van der Waals surface area contributed by atoms with Crippen LogP contribution in [-0.4, -0.2) is 30.1 Å². The number of hydrogen-bond acceptors (Lipinski definition) is 5. The molecule has 0 aliphatic carbocycles. The minimum absolute atomic E-state index is 0.00940. The summed E-state index contributed by atoms with van der Waals surface area (Å²) in [6.07, 6.45) is 3.42. The van der Waals surface area contributed by atoms with Crippen LogP contribution in [0.2, 0.25) is 0 Å². The molecule has 0 radical (unpaired) electrons. The van der Waals surface area contributed by atoms with E-state index in [1.54, 1.807) is 35.4 Å². The van der Waals surface area contributed by atoms with Crippen LogP contribution < -0.4 is 5.43 Å². The second kappa shape index (κ2) is 7.70. The lowest BCUT2D eigenvalue weighted by atomic mass is 10.2. The molecule has 7 heteroatoms. The Kier molecular flexibility index (Phi) is 5.13. The average Bonchev–Trinajstić information content (AvgIpc) is 3.34. The molecule has 6 nitrogen and oxygen atoms in total. The largest absolute Gasteiger partial charge is 0.467 e. The predicted octanol–water partition coefficient (Wildman–Crippen LogP) is 3.97. The van der Waals surface area contributed by atoms with Gasteiger partial charge in [-0.1, -0.05) is 15.9 Å². The summed E-state index contributed by atoms with van der Waals surface area (Å²) < 4.78 is 17.6. The van der Waals surface area contributed by atoms with Crippen LogP contribution in [0.4, 0.5) is 0 Å². The Morgan fingerprint density at radius 3 is 2.89 bits per heavy atom. The van der Waals surface area contributed by atoms with Crippen LogP contribution in [0, 0.1) is 0 Å². The average molecular weight is 432 g/mol. The zero-order valence-corrected chi connectivity index (χ0v) is 16.1. The van der Waals surface area contributed by atoms with E-state index in [4.69, 9.17) is 13.6 Å². The van der Waals surface area contributed by atoms with E-state index in [0.717, 1.165) is 17.3 Å². The third-order valence-electron chi connectivity index (χ3n) is 4.56. The van der Waals surface area contributed by atoms with Gasteiger partial charge in [0.15, 0.2) is 11.2 Å². The first-order chi connectivity index (χ1) is 13.1. The Morgan fingerprint density at radius 2 is 2.15 bits per heavy atom. The van der Waals surface area contributed by atoms with E-state index < -0.39 is 0 Å². The number of nitrogens with zero attached hydrogens (tertiary/aromatic N) is 1. The lowest BCUT2D eigenvalue weighted by Crippen LogP contribution is -2.37. The van der Waals surface area contributed by atoms with E-state index >= 15 is 0 Å². The van der Waals surface area contributed by atoms with Crippen LogP contribution in [0.15, 0.2) is 60.8 Å². The SMILES string of the molecule is O=C(c1cc(=O)c2ccc(Br)cc2o1)N(Cc1ccco1)C[C@H]1CCCO1. The fourth-order valence-corrected chi connectivity index (χ4v) is 3.57. The van der Waals surface area contributed by atoms with Gasteiger partial charge in [0.1, 0.15) is 11.3 Å². The van der Waals surface area contributed by atoms with Gasteiger partial charge in [0.25, 0.3) is 5.91 Å². The third-order valence-corrected chi connectivity index (χ3v) is 5.06. The van der Waals surface area contributed by atoms with Gasteiger partial charge in [-0.3, -0.25) is 9.59 Å². The fraction of sp³-hybridized carbons (Fsp3) is 0.300. The summed E-state index contributed by atoms with van der Waals surface area (Å²) in [5.41, 5.74) is 0.123. The highest BCUT2D eigenvalue weighted by atomic mass is 79.9. The number of carbonyl (C=O) groups excluding carboxylic acids is 1. The number of furan rings is 1. The van der Waals surface area contributed by atoms with E-state index in [1.807, 2.05) is 6.07 Å². The molecule has 1 amide bonds. The second-order valence-corrected chi connectivity index (χ2v) is 7.43. The van der Waals surface area contributed by atoms with E-state index in [1.165, 1.54) is 6.07 Å². The van der Waals surface area contributed by atoms with Gasteiger partial charge < -0.3 is 18.5 Å². The van der Waals surface area contributed by atoms with Crippen molar-refractivity contribution in [2.45, 2.75) is 25.5 Å². The molecule has 1 fully saturated rings. The summed E-state index contributed by atoms with van der Waals surface area (Å²) in [6.45, 7) is 1.40. The number of rotatable bonds is 5. The van der Waals surface area contributed by atoms with Crippen LogP contribution in [-0.2, 0) is 11.3 Å². The summed E-state index contributed by atoms with van der Waals surface area (Å²) in [6, 6.07) is 9.96. The van der Waals surface area contributed by atoms with E-state index in [-0.39, 0.29) is 29.7 Å². The fourth-order valence-electron chi connectivity index (χ4n) is 3.23. The Hall–Kier alpha value is -2.38. The molecule has 1 aromatic carbocycles. The summed E-state index contributed by atoms with van der Waals surface area (Å²) in [5.74, 6) is 0.309. The molecular weight excluding hydrogens is 414 g/mol. The molecule has 1 aliphatic rings. The van der Waals surface area contributed by atoms with Gasteiger partial charge in [-0.15, -0.1) is 0 Å². The molecule has 0 bridgehead atoms. The maximum atomic E-state index is 13.1. The molecule has 4 rings (SSSR count). The van der Waals surface area contributed by atoms with Crippen molar-refractivity contribution < 1.29 is 18.4 Å². The monoisotopic (exact) mass is 431 g/mol. The molecule has 1 atom stereocenters. The van der Waals surface area contributed by atoms with Crippen molar-refractivity contribution in [1.29, 1.82) is 0 Å². The maximum Gasteiger partial charge on any atom is 0.290 e. The van der Waals surface area contributed by atoms with E-state index in [2.05, 4.69) is 15.9 Å². The highest BCUT2D eigenvalue weighted by Gasteiger charge is 2.26. The number of ether oxygens (including phenoxy) is 1. The Balaban J connectivity index is 1.67. The lowest BCUT2D eigenvalue weighted by molar-refractivity contribution is 0.0469. The minimum atomic E-state index is -0.360. The number of amides is 1. The van der Waals surface area contributed by atoms with Crippen molar-refractivity contribution in [3.63, 3.8) is 0 Å². The van der Waals surface area contributed by atoms with Gasteiger partial charge in [0, 0.05) is 23.7 Å². The van der Waals surface area contributed by atoms with Crippen molar-refractivity contribution in [2.24, 2.45) is 0 Å². The molecule has 3 heterocycles. The number of halogens is 1. The van der Waals surface area contributed by atoms with Gasteiger partial charge in [-0.25, -0.2) is 0 Å². The quantitative estimate of drug-likeness (QED) is 0.610. The minimum Gasteiger partial charge on any atom is -0.467 e. The van der Waals surface area contributed by atoms with E-state index in [9.17, 15) is 9.59 Å². The molecule has 1 saturated heterocycles. The van der Waals surface area contributed by atoms with Crippen molar-refractivity contribution >= 4 is 32.8 Å². The van der Waals surface area contributed by atoms with Crippen molar-refractivity contribution in [1.82, 2.24) is 4.90 Å². The molecule has 0 saturated carbocycles. The van der Waals surface area contributed by atoms with Gasteiger partial charge >= 0.3 is 0 Å². The summed E-state index contributed by atoms with van der Waals surface area (Å²) in [7, 11) is 0. The Morgan fingerprint density at radius 1 is 1.26 bits per heavy atom. The lowest BCUT2D eigenvalue weighted by Gasteiger charge is -2.24. The van der Waals surface area contributed by atoms with Gasteiger partial charge in [-0.05, 0) is 43.2 Å². The molecule has 27 heavy (non-hydrogen) atoms. The van der Waals surface area contributed by atoms with Crippen molar-refractivity contribution in [3.05, 3.63) is 68.9 Å².